The number of para-hydroxylation sites is 2. The second kappa shape index (κ2) is 10.5. The summed E-state index contributed by atoms with van der Waals surface area (Å²) in [5.41, 5.74) is 10.1. The zero-order valence-electron chi connectivity index (χ0n) is 25.8. The van der Waals surface area contributed by atoms with Crippen LogP contribution in [0.15, 0.2) is 168 Å². The Bertz CT molecular complexity index is 2760. The molecule has 4 nitrogen and oxygen atoms in total. The van der Waals surface area contributed by atoms with Crippen molar-refractivity contribution in [3.8, 4) is 39.6 Å². The Balaban J connectivity index is 1.14. The summed E-state index contributed by atoms with van der Waals surface area (Å²) in [5.74, 6) is 0.712. The molecule has 7 aromatic carbocycles. The van der Waals surface area contributed by atoms with Crippen LogP contribution in [0.4, 0.5) is 0 Å². The standard InChI is InChI=1S/C44H27N3O/c1-3-11-28(12-4-1)38-27-39(46-44(45-38)30-13-5-2-6-14-30)29-19-22-32(23-20-29)47-40-17-9-7-15-33(40)37-26-36-31(25-41(37)47)21-24-35-34-16-8-10-18-42(34)48-43(35)36/h1-27H. The molecule has 0 aliphatic carbocycles. The van der Waals surface area contributed by atoms with Crippen LogP contribution in [-0.4, -0.2) is 14.5 Å². The van der Waals surface area contributed by atoms with Crippen LogP contribution in [0.25, 0.3) is 94.1 Å². The lowest BCUT2D eigenvalue weighted by atomic mass is 10.0. The van der Waals surface area contributed by atoms with Crippen molar-refractivity contribution >= 4 is 54.5 Å². The van der Waals surface area contributed by atoms with Gasteiger partial charge in [-0.15, -0.1) is 0 Å². The zero-order chi connectivity index (χ0) is 31.6. The molecule has 0 aliphatic heterocycles. The van der Waals surface area contributed by atoms with Crippen molar-refractivity contribution in [3.05, 3.63) is 164 Å². The SMILES string of the molecule is c1ccc(-c2cc(-c3ccc(-n4c5ccccc5c5cc6c(ccc7c8ccccc8oc67)cc54)cc3)nc(-c3ccccc3)n2)cc1. The molecule has 0 saturated carbocycles. The smallest absolute Gasteiger partial charge is 0.160 e. The minimum atomic E-state index is 0.712. The molecule has 10 aromatic rings. The maximum atomic E-state index is 6.43. The molecule has 0 fully saturated rings. The molecule has 3 aromatic heterocycles. The molecule has 0 radical (unpaired) electrons. The molecule has 0 saturated heterocycles. The van der Waals surface area contributed by atoms with Crippen LogP contribution in [0.1, 0.15) is 0 Å². The van der Waals surface area contributed by atoms with E-state index < -0.39 is 0 Å². The van der Waals surface area contributed by atoms with E-state index in [0.717, 1.165) is 77.5 Å². The van der Waals surface area contributed by atoms with Crippen LogP contribution < -0.4 is 0 Å². The maximum Gasteiger partial charge on any atom is 0.160 e. The maximum absolute atomic E-state index is 6.43. The van der Waals surface area contributed by atoms with E-state index in [1.165, 1.54) is 10.8 Å². The molecule has 10 rings (SSSR count). The normalized spacial score (nSPS) is 11.8. The molecule has 3 heterocycles. The van der Waals surface area contributed by atoms with E-state index in [1.807, 2.05) is 48.5 Å². The minimum absolute atomic E-state index is 0.712. The van der Waals surface area contributed by atoms with Gasteiger partial charge in [0.25, 0.3) is 0 Å². The van der Waals surface area contributed by atoms with Crippen LogP contribution in [0, 0.1) is 0 Å². The van der Waals surface area contributed by atoms with Gasteiger partial charge in [0.05, 0.1) is 22.4 Å². The average molecular weight is 614 g/mol. The van der Waals surface area contributed by atoms with Crippen LogP contribution in [-0.2, 0) is 0 Å². The molecule has 48 heavy (non-hydrogen) atoms. The fourth-order valence-corrected chi connectivity index (χ4v) is 7.10. The predicted molar refractivity (Wildman–Crippen MR) is 197 cm³/mol. The first kappa shape index (κ1) is 26.7. The first-order chi connectivity index (χ1) is 23.8. The summed E-state index contributed by atoms with van der Waals surface area (Å²) in [4.78, 5) is 10.00. The highest BCUT2D eigenvalue weighted by Gasteiger charge is 2.17. The molecule has 0 N–H and O–H groups in total. The first-order valence-corrected chi connectivity index (χ1v) is 16.2. The number of benzene rings is 7. The van der Waals surface area contributed by atoms with E-state index in [0.29, 0.717) is 5.82 Å². The van der Waals surface area contributed by atoms with Gasteiger partial charge < -0.3 is 8.98 Å². The third kappa shape index (κ3) is 4.16. The van der Waals surface area contributed by atoms with E-state index in [-0.39, 0.29) is 0 Å². The molecule has 0 unspecified atom stereocenters. The van der Waals surface area contributed by atoms with E-state index in [4.69, 9.17) is 14.4 Å². The highest BCUT2D eigenvalue weighted by atomic mass is 16.3. The summed E-state index contributed by atoms with van der Waals surface area (Å²) < 4.78 is 8.79. The quantitative estimate of drug-likeness (QED) is 0.198. The van der Waals surface area contributed by atoms with Crippen LogP contribution in [0.2, 0.25) is 0 Å². The Morgan fingerprint density at radius 2 is 1.06 bits per heavy atom. The number of fused-ring (bicyclic) bond motifs is 8. The molecule has 0 amide bonds. The van der Waals surface area contributed by atoms with E-state index >= 15 is 0 Å². The van der Waals surface area contributed by atoms with Crippen molar-refractivity contribution < 1.29 is 4.42 Å². The van der Waals surface area contributed by atoms with Gasteiger partial charge in [0.1, 0.15) is 11.2 Å². The Labute approximate surface area is 276 Å². The van der Waals surface area contributed by atoms with Gasteiger partial charge in [-0.2, -0.15) is 0 Å². The minimum Gasteiger partial charge on any atom is -0.455 e. The fraction of sp³-hybridized carbons (Fsp3) is 0. The van der Waals surface area contributed by atoms with Gasteiger partial charge in [-0.25, -0.2) is 9.97 Å². The van der Waals surface area contributed by atoms with Crippen molar-refractivity contribution in [3.63, 3.8) is 0 Å². The van der Waals surface area contributed by atoms with Crippen LogP contribution >= 0.6 is 0 Å². The van der Waals surface area contributed by atoms with Gasteiger partial charge in [0.15, 0.2) is 5.82 Å². The molecule has 0 atom stereocenters. The van der Waals surface area contributed by atoms with Crippen molar-refractivity contribution in [1.82, 2.24) is 14.5 Å². The summed E-state index contributed by atoms with van der Waals surface area (Å²) in [6, 6.07) is 57.2. The second-order valence-corrected chi connectivity index (χ2v) is 12.2. The van der Waals surface area contributed by atoms with Crippen molar-refractivity contribution in [1.29, 1.82) is 0 Å². The summed E-state index contributed by atoms with van der Waals surface area (Å²) in [7, 11) is 0. The fourth-order valence-electron chi connectivity index (χ4n) is 7.10. The zero-order valence-corrected chi connectivity index (χ0v) is 25.8. The highest BCUT2D eigenvalue weighted by Crippen LogP contribution is 2.40. The lowest BCUT2D eigenvalue weighted by Crippen LogP contribution is -1.97. The van der Waals surface area contributed by atoms with Gasteiger partial charge in [0, 0.05) is 49.3 Å². The van der Waals surface area contributed by atoms with Crippen LogP contribution in [0.3, 0.4) is 0 Å². The van der Waals surface area contributed by atoms with Crippen molar-refractivity contribution in [2.75, 3.05) is 0 Å². The summed E-state index contributed by atoms with van der Waals surface area (Å²) in [6.07, 6.45) is 0. The van der Waals surface area contributed by atoms with Gasteiger partial charge in [-0.1, -0.05) is 115 Å². The lowest BCUT2D eigenvalue weighted by molar-refractivity contribution is 0.672. The largest absolute Gasteiger partial charge is 0.455 e. The number of hydrogen-bond donors (Lipinski definition) is 0. The van der Waals surface area contributed by atoms with Gasteiger partial charge in [-0.05, 0) is 53.9 Å². The third-order valence-corrected chi connectivity index (χ3v) is 9.40. The number of furan rings is 1. The number of nitrogens with zero attached hydrogens (tertiary/aromatic N) is 3. The van der Waals surface area contributed by atoms with Gasteiger partial charge in [-0.3, -0.25) is 0 Å². The van der Waals surface area contributed by atoms with E-state index in [2.05, 4.69) is 120 Å². The second-order valence-electron chi connectivity index (χ2n) is 12.2. The van der Waals surface area contributed by atoms with E-state index in [9.17, 15) is 0 Å². The highest BCUT2D eigenvalue weighted by molar-refractivity contribution is 6.20. The van der Waals surface area contributed by atoms with Gasteiger partial charge >= 0.3 is 0 Å². The first-order valence-electron chi connectivity index (χ1n) is 16.2. The lowest BCUT2D eigenvalue weighted by Gasteiger charge is -2.11. The third-order valence-electron chi connectivity index (χ3n) is 9.40. The van der Waals surface area contributed by atoms with Gasteiger partial charge in [0.2, 0.25) is 0 Å². The summed E-state index contributed by atoms with van der Waals surface area (Å²) in [6.45, 7) is 0. The summed E-state index contributed by atoms with van der Waals surface area (Å²) >= 11 is 0. The number of rotatable bonds is 4. The Morgan fingerprint density at radius 1 is 0.417 bits per heavy atom. The Kier molecular flexibility index (Phi) is 5.84. The molecule has 4 heteroatoms. The van der Waals surface area contributed by atoms with E-state index in [1.54, 1.807) is 0 Å². The molecule has 224 valence electrons. The van der Waals surface area contributed by atoms with Crippen LogP contribution in [0.5, 0.6) is 0 Å². The summed E-state index contributed by atoms with van der Waals surface area (Å²) in [5, 5.41) is 6.98. The number of aromatic nitrogens is 3. The Morgan fingerprint density at radius 3 is 1.83 bits per heavy atom. The van der Waals surface area contributed by atoms with Crippen molar-refractivity contribution in [2.45, 2.75) is 0 Å². The molecule has 0 bridgehead atoms. The van der Waals surface area contributed by atoms with Crippen molar-refractivity contribution in [2.24, 2.45) is 0 Å². The predicted octanol–water partition coefficient (Wildman–Crippen LogP) is 11.6. The molecular formula is C44H27N3O. The topological polar surface area (TPSA) is 43.9 Å². The average Bonchev–Trinajstić information content (AvgIpc) is 3.70. The molecular weight excluding hydrogens is 587 g/mol. The molecule has 0 spiro atoms. The number of hydrogen-bond acceptors (Lipinski definition) is 3. The molecule has 0 aliphatic rings. The Hall–Kier alpha value is -6.52. The monoisotopic (exact) mass is 613 g/mol.